The van der Waals surface area contributed by atoms with Gasteiger partial charge in [0.25, 0.3) is 5.91 Å². The van der Waals surface area contributed by atoms with Crippen molar-refractivity contribution in [3.8, 4) is 11.1 Å². The van der Waals surface area contributed by atoms with Crippen molar-refractivity contribution in [1.82, 2.24) is 9.80 Å². The predicted molar refractivity (Wildman–Crippen MR) is 141 cm³/mol. The first-order valence-corrected chi connectivity index (χ1v) is 13.0. The maximum absolute atomic E-state index is 13.5. The van der Waals surface area contributed by atoms with Crippen molar-refractivity contribution in [3.05, 3.63) is 118 Å². The molecule has 0 aliphatic heterocycles. The minimum Gasteiger partial charge on any atom is -0.332 e. The Morgan fingerprint density at radius 3 is 2.14 bits per heavy atom. The number of benzene rings is 3. The highest BCUT2D eigenvalue weighted by Gasteiger charge is 2.35. The Balaban J connectivity index is 1.32. The highest BCUT2D eigenvalue weighted by Crippen LogP contribution is 2.29. The van der Waals surface area contributed by atoms with E-state index < -0.39 is 0 Å². The first-order valence-electron chi connectivity index (χ1n) is 12.1. The molecule has 3 aromatic carbocycles. The fraction of sp³-hybridized carbons (Fsp3) is 0.200. The monoisotopic (exact) mass is 498 g/mol. The van der Waals surface area contributed by atoms with Crippen molar-refractivity contribution in [2.45, 2.75) is 32.0 Å². The molecular formula is C30H27FN2O2S. The molecule has 1 saturated carbocycles. The molecule has 0 unspecified atom stereocenters. The van der Waals surface area contributed by atoms with E-state index in [1.807, 2.05) is 72.1 Å². The fourth-order valence-corrected chi connectivity index (χ4v) is 4.95. The van der Waals surface area contributed by atoms with Crippen molar-refractivity contribution in [3.63, 3.8) is 0 Å². The number of carbonyl (C=O) groups excluding carboxylic acids is 2. The van der Waals surface area contributed by atoms with E-state index in [1.54, 1.807) is 33.3 Å². The lowest BCUT2D eigenvalue weighted by atomic mass is 10.0. The molecule has 4 aromatic rings. The second kappa shape index (κ2) is 10.9. The molecule has 36 heavy (non-hydrogen) atoms. The highest BCUT2D eigenvalue weighted by atomic mass is 32.1. The predicted octanol–water partition coefficient (Wildman–Crippen LogP) is 6.39. The second-order valence-electron chi connectivity index (χ2n) is 9.06. The van der Waals surface area contributed by atoms with Crippen LogP contribution in [-0.2, 0) is 17.9 Å². The normalized spacial score (nSPS) is 12.8. The molecule has 1 fully saturated rings. The molecule has 5 rings (SSSR count). The molecule has 0 N–H and O–H groups in total. The van der Waals surface area contributed by atoms with Gasteiger partial charge in [0.05, 0.1) is 6.54 Å². The Morgan fingerprint density at radius 2 is 1.50 bits per heavy atom. The van der Waals surface area contributed by atoms with Crippen LogP contribution in [-0.4, -0.2) is 34.2 Å². The van der Waals surface area contributed by atoms with E-state index in [2.05, 4.69) is 0 Å². The van der Waals surface area contributed by atoms with Crippen LogP contribution >= 0.6 is 11.3 Å². The van der Waals surface area contributed by atoms with Crippen LogP contribution in [0.4, 0.5) is 4.39 Å². The van der Waals surface area contributed by atoms with Crippen LogP contribution in [0.3, 0.4) is 0 Å². The van der Waals surface area contributed by atoms with Gasteiger partial charge < -0.3 is 9.80 Å². The summed E-state index contributed by atoms with van der Waals surface area (Å²) in [6, 6.07) is 27.9. The standard InChI is InChI=1S/C30H27FN2O2S/c31-26-14-8-22(9-15-26)19-32(20-28-7-4-18-36-28)29(34)21-33(27-16-17-27)30(35)25-12-10-24(11-13-25)23-5-2-1-3-6-23/h1-15,18,27H,16-17,19-21H2. The molecule has 0 saturated heterocycles. The van der Waals surface area contributed by atoms with Crippen LogP contribution in [0.15, 0.2) is 96.4 Å². The molecule has 0 radical (unpaired) electrons. The van der Waals surface area contributed by atoms with Gasteiger partial charge in [-0.15, -0.1) is 11.3 Å². The summed E-state index contributed by atoms with van der Waals surface area (Å²) in [5.74, 6) is -0.545. The van der Waals surface area contributed by atoms with E-state index in [9.17, 15) is 14.0 Å². The van der Waals surface area contributed by atoms with Crippen molar-refractivity contribution < 1.29 is 14.0 Å². The molecule has 0 atom stereocenters. The zero-order valence-corrected chi connectivity index (χ0v) is 20.7. The molecule has 4 nitrogen and oxygen atoms in total. The smallest absolute Gasteiger partial charge is 0.254 e. The van der Waals surface area contributed by atoms with Gasteiger partial charge in [0.2, 0.25) is 5.91 Å². The van der Waals surface area contributed by atoms with Crippen molar-refractivity contribution >= 4 is 23.2 Å². The summed E-state index contributed by atoms with van der Waals surface area (Å²) < 4.78 is 13.4. The number of thiophene rings is 1. The highest BCUT2D eigenvalue weighted by molar-refractivity contribution is 7.09. The van der Waals surface area contributed by atoms with Crippen LogP contribution in [0.25, 0.3) is 11.1 Å². The van der Waals surface area contributed by atoms with Gasteiger partial charge in [-0.2, -0.15) is 0 Å². The number of hydrogen-bond donors (Lipinski definition) is 0. The fourth-order valence-electron chi connectivity index (χ4n) is 4.23. The first-order chi connectivity index (χ1) is 17.6. The largest absolute Gasteiger partial charge is 0.332 e. The van der Waals surface area contributed by atoms with Crippen molar-refractivity contribution in [2.75, 3.05) is 6.54 Å². The molecule has 182 valence electrons. The van der Waals surface area contributed by atoms with Gasteiger partial charge in [0.1, 0.15) is 12.4 Å². The molecule has 1 aromatic heterocycles. The lowest BCUT2D eigenvalue weighted by Crippen LogP contribution is -2.43. The summed E-state index contributed by atoms with van der Waals surface area (Å²) in [5, 5.41) is 1.98. The van der Waals surface area contributed by atoms with E-state index in [1.165, 1.54) is 12.1 Å². The minimum absolute atomic E-state index is 0.0243. The van der Waals surface area contributed by atoms with E-state index in [4.69, 9.17) is 0 Å². The van der Waals surface area contributed by atoms with Gasteiger partial charge >= 0.3 is 0 Å². The molecule has 0 bridgehead atoms. The molecule has 0 spiro atoms. The van der Waals surface area contributed by atoms with Crippen LogP contribution in [0, 0.1) is 5.82 Å². The number of amides is 2. The average Bonchev–Trinajstić information content (AvgIpc) is 3.63. The maximum atomic E-state index is 13.5. The third-order valence-electron chi connectivity index (χ3n) is 6.36. The lowest BCUT2D eigenvalue weighted by molar-refractivity contribution is -0.133. The van der Waals surface area contributed by atoms with Crippen LogP contribution in [0.5, 0.6) is 0 Å². The SMILES string of the molecule is O=C(CN(C(=O)c1ccc(-c2ccccc2)cc1)C1CC1)N(Cc1ccc(F)cc1)Cc1cccs1. The third-order valence-corrected chi connectivity index (χ3v) is 7.22. The Bertz CT molecular complexity index is 1300. The lowest BCUT2D eigenvalue weighted by Gasteiger charge is -2.28. The van der Waals surface area contributed by atoms with E-state index >= 15 is 0 Å². The van der Waals surface area contributed by atoms with Crippen LogP contribution in [0.2, 0.25) is 0 Å². The maximum Gasteiger partial charge on any atom is 0.254 e. The Morgan fingerprint density at radius 1 is 0.806 bits per heavy atom. The summed E-state index contributed by atoms with van der Waals surface area (Å²) in [4.78, 5) is 31.5. The molecule has 1 heterocycles. The summed E-state index contributed by atoms with van der Waals surface area (Å²) in [6.45, 7) is 0.832. The van der Waals surface area contributed by atoms with Gasteiger partial charge in [-0.1, -0.05) is 60.7 Å². The molecule has 1 aliphatic rings. The topological polar surface area (TPSA) is 40.6 Å². The van der Waals surface area contributed by atoms with Gasteiger partial charge in [0.15, 0.2) is 0 Å². The van der Waals surface area contributed by atoms with Crippen LogP contribution in [0.1, 0.15) is 33.6 Å². The quantitative estimate of drug-likeness (QED) is 0.268. The van der Waals surface area contributed by atoms with Gasteiger partial charge in [-0.3, -0.25) is 9.59 Å². The Kier molecular flexibility index (Phi) is 7.23. The summed E-state index contributed by atoms with van der Waals surface area (Å²) in [6.07, 6.45) is 1.81. The Labute approximate surface area is 214 Å². The van der Waals surface area contributed by atoms with Gasteiger partial charge in [-0.05, 0) is 65.2 Å². The van der Waals surface area contributed by atoms with Crippen molar-refractivity contribution in [2.24, 2.45) is 0 Å². The Hall–Kier alpha value is -3.77. The van der Waals surface area contributed by atoms with E-state index in [0.717, 1.165) is 34.4 Å². The number of hydrogen-bond acceptors (Lipinski definition) is 3. The van der Waals surface area contributed by atoms with E-state index in [0.29, 0.717) is 18.7 Å². The average molecular weight is 499 g/mol. The molecule has 1 aliphatic carbocycles. The number of rotatable bonds is 9. The van der Waals surface area contributed by atoms with Gasteiger partial charge in [0, 0.05) is 23.0 Å². The van der Waals surface area contributed by atoms with Crippen molar-refractivity contribution in [1.29, 1.82) is 0 Å². The van der Waals surface area contributed by atoms with Gasteiger partial charge in [-0.25, -0.2) is 4.39 Å². The second-order valence-corrected chi connectivity index (χ2v) is 10.1. The van der Waals surface area contributed by atoms with Crippen LogP contribution < -0.4 is 0 Å². The summed E-state index contributed by atoms with van der Waals surface area (Å²) in [7, 11) is 0. The molecular weight excluding hydrogens is 471 g/mol. The first kappa shape index (κ1) is 23.9. The number of halogens is 1. The molecule has 2 amide bonds. The molecule has 6 heteroatoms. The number of carbonyl (C=O) groups is 2. The minimum atomic E-state index is -0.307. The summed E-state index contributed by atoms with van der Waals surface area (Å²) in [5.41, 5.74) is 3.57. The number of nitrogens with zero attached hydrogens (tertiary/aromatic N) is 2. The van der Waals surface area contributed by atoms with E-state index in [-0.39, 0.29) is 30.2 Å². The third kappa shape index (κ3) is 5.89. The zero-order chi connectivity index (χ0) is 24.9. The zero-order valence-electron chi connectivity index (χ0n) is 19.8. The summed E-state index contributed by atoms with van der Waals surface area (Å²) >= 11 is 1.59.